The van der Waals surface area contributed by atoms with Gasteiger partial charge in [0.2, 0.25) is 0 Å². The quantitative estimate of drug-likeness (QED) is 0.807. The van der Waals surface area contributed by atoms with Crippen molar-refractivity contribution in [1.82, 2.24) is 15.2 Å². The summed E-state index contributed by atoms with van der Waals surface area (Å²) in [6.45, 7) is 7.26. The molecule has 1 fully saturated rings. The van der Waals surface area contributed by atoms with Gasteiger partial charge in [0.15, 0.2) is 0 Å². The first-order chi connectivity index (χ1) is 9.19. The van der Waals surface area contributed by atoms with E-state index in [1.54, 1.807) is 6.07 Å². The Bertz CT molecular complexity index is 436. The molecule has 0 saturated carbocycles. The molecule has 0 radical (unpaired) electrons. The van der Waals surface area contributed by atoms with Crippen molar-refractivity contribution in [2.75, 3.05) is 26.2 Å². The van der Waals surface area contributed by atoms with Crippen LogP contribution in [0.1, 0.15) is 29.5 Å². The Balaban J connectivity index is 1.77. The van der Waals surface area contributed by atoms with E-state index in [0.29, 0.717) is 12.5 Å². The maximum atomic E-state index is 10.8. The Hall–Kier alpha value is -1.46. The fraction of sp³-hybridized carbons (Fsp3) is 0.571. The molecule has 5 nitrogen and oxygen atoms in total. The molecule has 1 aromatic rings. The van der Waals surface area contributed by atoms with E-state index in [1.165, 1.54) is 19.0 Å². The van der Waals surface area contributed by atoms with E-state index in [-0.39, 0.29) is 5.69 Å². The largest absolute Gasteiger partial charge is 0.477 e. The van der Waals surface area contributed by atoms with Crippen LogP contribution in [0.15, 0.2) is 18.2 Å². The first kappa shape index (κ1) is 14.0. The van der Waals surface area contributed by atoms with Crippen molar-refractivity contribution in [2.24, 2.45) is 5.92 Å². The van der Waals surface area contributed by atoms with Crippen LogP contribution in [0.2, 0.25) is 0 Å². The van der Waals surface area contributed by atoms with Crippen LogP contribution in [-0.2, 0) is 6.54 Å². The van der Waals surface area contributed by atoms with Crippen LogP contribution in [-0.4, -0.2) is 47.1 Å². The molecule has 1 aliphatic heterocycles. The second-order valence-corrected chi connectivity index (χ2v) is 5.00. The van der Waals surface area contributed by atoms with Crippen LogP contribution in [0.4, 0.5) is 0 Å². The number of carbonyl (C=O) groups is 1. The lowest BCUT2D eigenvalue weighted by Crippen LogP contribution is -2.26. The lowest BCUT2D eigenvalue weighted by Gasteiger charge is -2.13. The summed E-state index contributed by atoms with van der Waals surface area (Å²) in [5.41, 5.74) is 0.891. The fourth-order valence-electron chi connectivity index (χ4n) is 2.47. The number of hydrogen-bond acceptors (Lipinski definition) is 4. The third-order valence-corrected chi connectivity index (χ3v) is 3.58. The first-order valence-electron chi connectivity index (χ1n) is 6.81. The molecule has 0 aliphatic carbocycles. The zero-order valence-corrected chi connectivity index (χ0v) is 11.3. The minimum absolute atomic E-state index is 0.109. The molecule has 1 unspecified atom stereocenters. The summed E-state index contributed by atoms with van der Waals surface area (Å²) in [5.74, 6) is -0.279. The van der Waals surface area contributed by atoms with Crippen molar-refractivity contribution >= 4 is 5.97 Å². The van der Waals surface area contributed by atoms with Crippen molar-refractivity contribution in [1.29, 1.82) is 0 Å². The third-order valence-electron chi connectivity index (χ3n) is 3.58. The van der Waals surface area contributed by atoms with E-state index >= 15 is 0 Å². The van der Waals surface area contributed by atoms with Crippen molar-refractivity contribution < 1.29 is 9.90 Å². The molecule has 104 valence electrons. The number of nitrogens with zero attached hydrogens (tertiary/aromatic N) is 2. The maximum Gasteiger partial charge on any atom is 0.354 e. The number of carboxylic acid groups (broad SMARTS) is 1. The van der Waals surface area contributed by atoms with Gasteiger partial charge in [0, 0.05) is 13.1 Å². The van der Waals surface area contributed by atoms with Gasteiger partial charge < -0.3 is 15.3 Å². The molecule has 2 rings (SSSR count). The van der Waals surface area contributed by atoms with Crippen LogP contribution in [0, 0.1) is 5.92 Å². The zero-order chi connectivity index (χ0) is 13.7. The highest BCUT2D eigenvalue weighted by Gasteiger charge is 2.20. The van der Waals surface area contributed by atoms with Gasteiger partial charge in [-0.2, -0.15) is 0 Å². The molecule has 0 bridgehead atoms. The first-order valence-corrected chi connectivity index (χ1v) is 6.81. The Morgan fingerprint density at radius 2 is 2.42 bits per heavy atom. The normalized spacial score (nSPS) is 19.7. The monoisotopic (exact) mass is 263 g/mol. The summed E-state index contributed by atoms with van der Waals surface area (Å²) < 4.78 is 0. The van der Waals surface area contributed by atoms with Crippen LogP contribution in [0.25, 0.3) is 0 Å². The third kappa shape index (κ3) is 4.01. The molecule has 1 atom stereocenters. The Labute approximate surface area is 113 Å². The highest BCUT2D eigenvalue weighted by atomic mass is 16.4. The molecule has 0 spiro atoms. The van der Waals surface area contributed by atoms with Gasteiger partial charge in [-0.1, -0.05) is 13.0 Å². The lowest BCUT2D eigenvalue weighted by atomic mass is 10.1. The second-order valence-electron chi connectivity index (χ2n) is 5.00. The van der Waals surface area contributed by atoms with Gasteiger partial charge in [-0.15, -0.1) is 0 Å². The Kier molecular flexibility index (Phi) is 4.87. The second kappa shape index (κ2) is 6.63. The van der Waals surface area contributed by atoms with Crippen molar-refractivity contribution in [3.8, 4) is 0 Å². The average molecular weight is 263 g/mol. The summed E-state index contributed by atoms with van der Waals surface area (Å²) in [6.07, 6.45) is 1.24. The molecule has 2 heterocycles. The van der Waals surface area contributed by atoms with E-state index in [0.717, 1.165) is 25.3 Å². The van der Waals surface area contributed by atoms with Gasteiger partial charge in [0.05, 0.1) is 5.69 Å². The number of pyridine rings is 1. The highest BCUT2D eigenvalue weighted by molar-refractivity contribution is 5.85. The molecule has 1 aliphatic rings. The van der Waals surface area contributed by atoms with Crippen LogP contribution in [0.3, 0.4) is 0 Å². The number of carboxylic acids is 1. The molecule has 1 aromatic heterocycles. The lowest BCUT2D eigenvalue weighted by molar-refractivity contribution is 0.0690. The van der Waals surface area contributed by atoms with Crippen LogP contribution in [0.5, 0.6) is 0 Å². The minimum Gasteiger partial charge on any atom is -0.477 e. The molecule has 0 amide bonds. The predicted octanol–water partition coefficient (Wildman–Crippen LogP) is 1.21. The molecular formula is C14H21N3O2. The van der Waals surface area contributed by atoms with E-state index in [1.807, 2.05) is 6.07 Å². The van der Waals surface area contributed by atoms with Gasteiger partial charge >= 0.3 is 5.97 Å². The van der Waals surface area contributed by atoms with Gasteiger partial charge in [-0.25, -0.2) is 9.78 Å². The molecular weight excluding hydrogens is 242 g/mol. The molecule has 19 heavy (non-hydrogen) atoms. The summed E-state index contributed by atoms with van der Waals surface area (Å²) in [4.78, 5) is 17.4. The fourth-order valence-corrected chi connectivity index (χ4v) is 2.47. The number of aromatic nitrogens is 1. The van der Waals surface area contributed by atoms with E-state index < -0.39 is 5.97 Å². The van der Waals surface area contributed by atoms with E-state index in [4.69, 9.17) is 5.11 Å². The summed E-state index contributed by atoms with van der Waals surface area (Å²) in [5, 5.41) is 12.2. The number of rotatable bonds is 6. The summed E-state index contributed by atoms with van der Waals surface area (Å²) >= 11 is 0. The van der Waals surface area contributed by atoms with Crippen LogP contribution >= 0.6 is 0 Å². The van der Waals surface area contributed by atoms with Gasteiger partial charge in [0.1, 0.15) is 5.69 Å². The Morgan fingerprint density at radius 3 is 3.11 bits per heavy atom. The van der Waals surface area contributed by atoms with Crippen LogP contribution < -0.4 is 5.32 Å². The van der Waals surface area contributed by atoms with Crippen molar-refractivity contribution in [2.45, 2.75) is 19.9 Å². The molecule has 5 heteroatoms. The SMILES string of the molecule is CCN1CCC(CNCc2cccc(C(=O)O)n2)C1. The van der Waals surface area contributed by atoms with E-state index in [2.05, 4.69) is 22.1 Å². The Morgan fingerprint density at radius 1 is 1.58 bits per heavy atom. The smallest absolute Gasteiger partial charge is 0.354 e. The average Bonchev–Trinajstić information content (AvgIpc) is 2.87. The van der Waals surface area contributed by atoms with Crippen molar-refractivity contribution in [3.63, 3.8) is 0 Å². The molecule has 0 aromatic carbocycles. The standard InChI is InChI=1S/C14H21N3O2/c1-2-17-7-6-11(10-17)8-15-9-12-4-3-5-13(16-12)14(18)19/h3-5,11,15H,2,6-10H2,1H3,(H,18,19). The van der Waals surface area contributed by atoms with Gasteiger partial charge in [-0.05, 0) is 44.1 Å². The summed E-state index contributed by atoms with van der Waals surface area (Å²) in [7, 11) is 0. The van der Waals surface area contributed by atoms with Gasteiger partial charge in [0.25, 0.3) is 0 Å². The topological polar surface area (TPSA) is 65.5 Å². The van der Waals surface area contributed by atoms with Crippen molar-refractivity contribution in [3.05, 3.63) is 29.6 Å². The number of likely N-dealkylation sites (tertiary alicyclic amines) is 1. The minimum atomic E-state index is -0.976. The molecule has 2 N–H and O–H groups in total. The van der Waals surface area contributed by atoms with E-state index in [9.17, 15) is 4.79 Å². The zero-order valence-electron chi connectivity index (χ0n) is 11.3. The highest BCUT2D eigenvalue weighted by Crippen LogP contribution is 2.14. The van der Waals surface area contributed by atoms with Gasteiger partial charge in [-0.3, -0.25) is 0 Å². The summed E-state index contributed by atoms with van der Waals surface area (Å²) in [6, 6.07) is 5.11. The number of aromatic carboxylic acids is 1. The maximum absolute atomic E-state index is 10.8. The number of hydrogen-bond donors (Lipinski definition) is 2. The number of nitrogens with one attached hydrogen (secondary N) is 1. The predicted molar refractivity (Wildman–Crippen MR) is 73.1 cm³/mol. The molecule has 1 saturated heterocycles.